The van der Waals surface area contributed by atoms with Gasteiger partial charge in [-0.2, -0.15) is 0 Å². The van der Waals surface area contributed by atoms with Gasteiger partial charge in [-0.3, -0.25) is 9.59 Å². The van der Waals surface area contributed by atoms with Crippen LogP contribution in [0.5, 0.6) is 5.75 Å². The van der Waals surface area contributed by atoms with Gasteiger partial charge in [0.25, 0.3) is 0 Å². The first-order chi connectivity index (χ1) is 14.1. The predicted octanol–water partition coefficient (Wildman–Crippen LogP) is 0.491. The van der Waals surface area contributed by atoms with Gasteiger partial charge in [0.2, 0.25) is 11.8 Å². The maximum absolute atomic E-state index is 12.8. The Labute approximate surface area is 177 Å². The second-order valence-corrected chi connectivity index (χ2v) is 7.85. The largest absolute Gasteiger partial charge is 0.508 e. The van der Waals surface area contributed by atoms with E-state index in [0.717, 1.165) is 6.42 Å². The summed E-state index contributed by atoms with van der Waals surface area (Å²) in [5.74, 6) is -2.08. The van der Waals surface area contributed by atoms with Crippen molar-refractivity contribution in [3.63, 3.8) is 0 Å². The summed E-state index contributed by atoms with van der Waals surface area (Å²) in [6.45, 7) is 4.23. The standard InChI is InChI=1S/C21H34N4O5/c1-13(2)11-18(21(29)30)25-20(28)17(12-14-6-8-15(26)9-7-14)24-19(27)16(23)5-3-4-10-22/h6-9,13,16-18,26H,3-5,10-12,22-23H2,1-2H3,(H,24,27)(H,25,28)(H,29,30). The van der Waals surface area contributed by atoms with Crippen LogP contribution in [-0.4, -0.2) is 52.7 Å². The number of unbranched alkanes of at least 4 members (excludes halogenated alkanes) is 1. The maximum atomic E-state index is 12.8. The zero-order chi connectivity index (χ0) is 22.7. The Morgan fingerprint density at radius 2 is 1.60 bits per heavy atom. The molecule has 168 valence electrons. The van der Waals surface area contributed by atoms with Gasteiger partial charge in [0, 0.05) is 6.42 Å². The van der Waals surface area contributed by atoms with Gasteiger partial charge in [0.05, 0.1) is 6.04 Å². The summed E-state index contributed by atoms with van der Waals surface area (Å²) in [4.78, 5) is 36.8. The molecule has 0 bridgehead atoms. The lowest BCUT2D eigenvalue weighted by Gasteiger charge is -2.24. The molecule has 3 atom stereocenters. The number of carbonyl (C=O) groups is 3. The van der Waals surface area contributed by atoms with E-state index < -0.39 is 35.9 Å². The molecule has 0 heterocycles. The molecule has 2 amide bonds. The molecule has 1 rings (SSSR count). The molecule has 0 aliphatic rings. The van der Waals surface area contributed by atoms with Crippen LogP contribution in [0.2, 0.25) is 0 Å². The van der Waals surface area contributed by atoms with Crippen LogP contribution in [0.4, 0.5) is 0 Å². The molecule has 1 aromatic carbocycles. The first kappa shape index (κ1) is 25.4. The van der Waals surface area contributed by atoms with Crippen LogP contribution >= 0.6 is 0 Å². The molecular formula is C21H34N4O5. The minimum atomic E-state index is -1.13. The highest BCUT2D eigenvalue weighted by molar-refractivity contribution is 5.91. The highest BCUT2D eigenvalue weighted by atomic mass is 16.4. The number of nitrogens with two attached hydrogens (primary N) is 2. The number of carboxylic acid groups (broad SMARTS) is 1. The van der Waals surface area contributed by atoms with E-state index in [2.05, 4.69) is 10.6 Å². The average molecular weight is 423 g/mol. The van der Waals surface area contributed by atoms with Crippen LogP contribution in [0.3, 0.4) is 0 Å². The van der Waals surface area contributed by atoms with Gasteiger partial charge >= 0.3 is 5.97 Å². The molecule has 8 N–H and O–H groups in total. The zero-order valence-corrected chi connectivity index (χ0v) is 17.6. The number of phenolic OH excluding ortho intramolecular Hbond substituents is 1. The Bertz CT molecular complexity index is 693. The molecule has 30 heavy (non-hydrogen) atoms. The smallest absolute Gasteiger partial charge is 0.326 e. The quantitative estimate of drug-likeness (QED) is 0.251. The van der Waals surface area contributed by atoms with Crippen molar-refractivity contribution in [2.45, 2.75) is 64.1 Å². The molecule has 0 aliphatic heterocycles. The lowest BCUT2D eigenvalue weighted by molar-refractivity contribution is -0.142. The SMILES string of the molecule is CC(C)CC(NC(=O)C(Cc1ccc(O)cc1)NC(=O)C(N)CCCCN)C(=O)O. The number of rotatable bonds is 13. The number of amides is 2. The van der Waals surface area contributed by atoms with Gasteiger partial charge in [-0.1, -0.05) is 32.4 Å². The Hall–Kier alpha value is -2.65. The number of benzene rings is 1. The molecule has 1 aromatic rings. The van der Waals surface area contributed by atoms with Gasteiger partial charge in [-0.05, 0) is 49.4 Å². The summed E-state index contributed by atoms with van der Waals surface area (Å²) in [6.07, 6.45) is 2.26. The van der Waals surface area contributed by atoms with E-state index in [0.29, 0.717) is 24.9 Å². The molecule has 3 unspecified atom stereocenters. The number of nitrogens with one attached hydrogen (secondary N) is 2. The fourth-order valence-corrected chi connectivity index (χ4v) is 2.96. The molecule has 0 saturated heterocycles. The van der Waals surface area contributed by atoms with Gasteiger partial charge in [0.1, 0.15) is 17.8 Å². The number of hydrogen-bond acceptors (Lipinski definition) is 6. The summed E-state index contributed by atoms with van der Waals surface area (Å²) in [5, 5.41) is 24.0. The second kappa shape index (κ2) is 12.8. The fraction of sp³-hybridized carbons (Fsp3) is 0.571. The van der Waals surface area contributed by atoms with Crippen LogP contribution in [0.25, 0.3) is 0 Å². The highest BCUT2D eigenvalue weighted by Gasteiger charge is 2.28. The summed E-state index contributed by atoms with van der Waals surface area (Å²) >= 11 is 0. The Morgan fingerprint density at radius 1 is 1.00 bits per heavy atom. The van der Waals surface area contributed by atoms with Crippen molar-refractivity contribution in [2.24, 2.45) is 17.4 Å². The van der Waals surface area contributed by atoms with Crippen LogP contribution in [0.15, 0.2) is 24.3 Å². The van der Waals surface area contributed by atoms with Crippen molar-refractivity contribution in [3.8, 4) is 5.75 Å². The zero-order valence-electron chi connectivity index (χ0n) is 17.6. The molecule has 0 spiro atoms. The second-order valence-electron chi connectivity index (χ2n) is 7.85. The van der Waals surface area contributed by atoms with Gasteiger partial charge in [-0.15, -0.1) is 0 Å². The summed E-state index contributed by atoms with van der Waals surface area (Å²) < 4.78 is 0. The minimum absolute atomic E-state index is 0.0625. The first-order valence-corrected chi connectivity index (χ1v) is 10.2. The molecule has 0 aromatic heterocycles. The lowest BCUT2D eigenvalue weighted by atomic mass is 10.0. The van der Waals surface area contributed by atoms with Crippen LogP contribution in [0, 0.1) is 5.92 Å². The Morgan fingerprint density at radius 3 is 2.13 bits per heavy atom. The number of phenols is 1. The highest BCUT2D eigenvalue weighted by Crippen LogP contribution is 2.12. The van der Waals surface area contributed by atoms with Crippen LogP contribution < -0.4 is 22.1 Å². The van der Waals surface area contributed by atoms with Crippen molar-refractivity contribution < 1.29 is 24.6 Å². The molecule has 0 fully saturated rings. The van der Waals surface area contributed by atoms with Crippen molar-refractivity contribution in [3.05, 3.63) is 29.8 Å². The molecular weight excluding hydrogens is 388 g/mol. The van der Waals surface area contributed by atoms with E-state index in [1.165, 1.54) is 12.1 Å². The molecule has 9 nitrogen and oxygen atoms in total. The first-order valence-electron chi connectivity index (χ1n) is 10.2. The van der Waals surface area contributed by atoms with Crippen molar-refractivity contribution in [2.75, 3.05) is 6.54 Å². The van der Waals surface area contributed by atoms with Crippen molar-refractivity contribution in [1.29, 1.82) is 0 Å². The number of carboxylic acids is 1. The topological polar surface area (TPSA) is 168 Å². The summed E-state index contributed by atoms with van der Waals surface area (Å²) in [6, 6.07) is 3.36. The van der Waals surface area contributed by atoms with E-state index in [9.17, 15) is 24.6 Å². The monoisotopic (exact) mass is 422 g/mol. The van der Waals surface area contributed by atoms with E-state index >= 15 is 0 Å². The van der Waals surface area contributed by atoms with E-state index in [1.54, 1.807) is 12.1 Å². The van der Waals surface area contributed by atoms with E-state index in [-0.39, 0.29) is 24.5 Å². The molecule has 0 saturated carbocycles. The summed E-state index contributed by atoms with van der Waals surface area (Å²) in [5.41, 5.74) is 12.1. The molecule has 0 aliphatic carbocycles. The number of aliphatic carboxylic acids is 1. The third kappa shape index (κ3) is 9.23. The Kier molecular flexibility index (Phi) is 10.8. The Balaban J connectivity index is 2.92. The average Bonchev–Trinajstić information content (AvgIpc) is 2.68. The van der Waals surface area contributed by atoms with E-state index in [4.69, 9.17) is 11.5 Å². The van der Waals surface area contributed by atoms with Crippen molar-refractivity contribution in [1.82, 2.24) is 10.6 Å². The maximum Gasteiger partial charge on any atom is 0.326 e. The minimum Gasteiger partial charge on any atom is -0.508 e. The van der Waals surface area contributed by atoms with Crippen LogP contribution in [-0.2, 0) is 20.8 Å². The summed E-state index contributed by atoms with van der Waals surface area (Å²) in [7, 11) is 0. The third-order valence-electron chi connectivity index (χ3n) is 4.64. The van der Waals surface area contributed by atoms with E-state index in [1.807, 2.05) is 13.8 Å². The third-order valence-corrected chi connectivity index (χ3v) is 4.64. The molecule has 9 heteroatoms. The fourth-order valence-electron chi connectivity index (χ4n) is 2.96. The van der Waals surface area contributed by atoms with Crippen LogP contribution in [0.1, 0.15) is 45.1 Å². The van der Waals surface area contributed by atoms with Gasteiger partial charge in [0.15, 0.2) is 0 Å². The van der Waals surface area contributed by atoms with Gasteiger partial charge < -0.3 is 32.3 Å². The molecule has 0 radical (unpaired) electrons. The normalized spacial score (nSPS) is 14.0. The number of carbonyl (C=O) groups excluding carboxylic acids is 2. The predicted molar refractivity (Wildman–Crippen MR) is 114 cm³/mol. The van der Waals surface area contributed by atoms with Crippen molar-refractivity contribution >= 4 is 17.8 Å². The number of aromatic hydroxyl groups is 1. The van der Waals surface area contributed by atoms with Gasteiger partial charge in [-0.25, -0.2) is 4.79 Å². The number of hydrogen-bond donors (Lipinski definition) is 6. The lowest BCUT2D eigenvalue weighted by Crippen LogP contribution is -2.55.